The van der Waals surface area contributed by atoms with Gasteiger partial charge in [0.2, 0.25) is 0 Å². The van der Waals surface area contributed by atoms with Crippen LogP contribution < -0.4 is 20.9 Å². The maximum atomic E-state index is 13.1. The van der Waals surface area contributed by atoms with Crippen LogP contribution in [0.2, 0.25) is 5.02 Å². The zero-order valence-electron chi connectivity index (χ0n) is 17.6. The van der Waals surface area contributed by atoms with E-state index < -0.39 is 17.2 Å². The van der Waals surface area contributed by atoms with Crippen molar-refractivity contribution in [3.05, 3.63) is 91.7 Å². The van der Waals surface area contributed by atoms with E-state index in [1.807, 2.05) is 24.3 Å². The minimum Gasteiger partial charge on any atom is -0.495 e. The zero-order valence-corrected chi connectivity index (χ0v) is 18.3. The topological polar surface area (TPSA) is 87.6 Å². The molecule has 0 aliphatic carbocycles. The van der Waals surface area contributed by atoms with Crippen LogP contribution in [0.4, 0.5) is 5.69 Å². The van der Waals surface area contributed by atoms with Gasteiger partial charge in [-0.2, -0.15) is 0 Å². The summed E-state index contributed by atoms with van der Waals surface area (Å²) in [6.45, 7) is 2.07. The molecule has 1 aliphatic rings. The third-order valence-electron chi connectivity index (χ3n) is 5.57. The molecule has 0 atom stereocenters. The summed E-state index contributed by atoms with van der Waals surface area (Å²) in [4.78, 5) is 44.6. The second-order valence-electron chi connectivity index (χ2n) is 7.44. The van der Waals surface area contributed by atoms with Gasteiger partial charge in [0.05, 0.1) is 19.3 Å². The van der Waals surface area contributed by atoms with Crippen LogP contribution in [0.25, 0.3) is 0 Å². The van der Waals surface area contributed by atoms with E-state index in [0.29, 0.717) is 36.8 Å². The summed E-state index contributed by atoms with van der Waals surface area (Å²) in [7, 11) is 1.63. The molecule has 1 saturated heterocycles. The van der Waals surface area contributed by atoms with Gasteiger partial charge in [-0.1, -0.05) is 41.9 Å². The number of carbonyl (C=O) groups is 1. The molecule has 0 unspecified atom stereocenters. The van der Waals surface area contributed by atoms with E-state index in [9.17, 15) is 14.4 Å². The first kappa shape index (κ1) is 21.7. The average molecular weight is 455 g/mol. The summed E-state index contributed by atoms with van der Waals surface area (Å²) < 4.78 is 6.43. The molecule has 32 heavy (non-hydrogen) atoms. The molecular weight excluding hydrogens is 432 g/mol. The Labute approximate surface area is 189 Å². The summed E-state index contributed by atoms with van der Waals surface area (Å²) in [6.07, 6.45) is 1.20. The number of para-hydroxylation sites is 2. The van der Waals surface area contributed by atoms with Crippen molar-refractivity contribution in [2.45, 2.75) is 6.54 Å². The number of amides is 1. The Morgan fingerprint density at radius 1 is 1.03 bits per heavy atom. The molecule has 0 saturated carbocycles. The molecule has 1 amide bonds. The van der Waals surface area contributed by atoms with Crippen molar-refractivity contribution in [2.75, 3.05) is 38.2 Å². The van der Waals surface area contributed by atoms with Crippen LogP contribution in [0.15, 0.2) is 64.3 Å². The number of hydrogen-bond acceptors (Lipinski definition) is 5. The maximum absolute atomic E-state index is 13.1. The first-order valence-corrected chi connectivity index (χ1v) is 10.6. The highest BCUT2D eigenvalue weighted by atomic mass is 35.5. The quantitative estimate of drug-likeness (QED) is 0.638. The number of piperazine rings is 1. The van der Waals surface area contributed by atoms with E-state index in [1.165, 1.54) is 6.20 Å². The first-order chi connectivity index (χ1) is 15.5. The van der Waals surface area contributed by atoms with Gasteiger partial charge in [0.25, 0.3) is 11.5 Å². The van der Waals surface area contributed by atoms with Gasteiger partial charge in [-0.3, -0.25) is 14.2 Å². The van der Waals surface area contributed by atoms with Crippen molar-refractivity contribution in [3.63, 3.8) is 0 Å². The van der Waals surface area contributed by atoms with Gasteiger partial charge in [0, 0.05) is 37.4 Å². The number of rotatable bonds is 5. The van der Waals surface area contributed by atoms with Gasteiger partial charge in [-0.25, -0.2) is 4.79 Å². The van der Waals surface area contributed by atoms with E-state index in [0.717, 1.165) is 16.0 Å². The van der Waals surface area contributed by atoms with E-state index in [4.69, 9.17) is 16.3 Å². The number of nitrogens with zero attached hydrogens (tertiary/aromatic N) is 3. The number of hydrogen-bond donors (Lipinski definition) is 1. The molecule has 4 rings (SSSR count). The lowest BCUT2D eigenvalue weighted by molar-refractivity contribution is 0.0743. The predicted octanol–water partition coefficient (Wildman–Crippen LogP) is 2.21. The highest BCUT2D eigenvalue weighted by Gasteiger charge is 2.26. The number of carbonyl (C=O) groups excluding carboxylic acids is 1. The Kier molecular flexibility index (Phi) is 6.32. The Hall–Kier alpha value is -3.52. The van der Waals surface area contributed by atoms with Crippen LogP contribution >= 0.6 is 11.6 Å². The van der Waals surface area contributed by atoms with Crippen LogP contribution in [0.1, 0.15) is 15.9 Å². The van der Waals surface area contributed by atoms with Crippen LogP contribution in [0.5, 0.6) is 5.75 Å². The molecule has 2 aromatic carbocycles. The normalized spacial score (nSPS) is 13.8. The van der Waals surface area contributed by atoms with E-state index in [1.54, 1.807) is 36.3 Å². The molecule has 0 radical (unpaired) electrons. The summed E-state index contributed by atoms with van der Waals surface area (Å²) in [5.41, 5.74) is 0.297. The molecule has 1 N–H and O–H groups in total. The monoisotopic (exact) mass is 454 g/mol. The molecule has 1 aromatic heterocycles. The largest absolute Gasteiger partial charge is 0.495 e. The highest BCUT2D eigenvalue weighted by Crippen LogP contribution is 2.28. The van der Waals surface area contributed by atoms with Crippen LogP contribution in [-0.2, 0) is 6.54 Å². The summed E-state index contributed by atoms with van der Waals surface area (Å²) in [6, 6.07) is 14.7. The van der Waals surface area contributed by atoms with Crippen molar-refractivity contribution in [2.24, 2.45) is 0 Å². The number of ether oxygens (including phenoxy) is 1. The lowest BCUT2D eigenvalue weighted by atomic mass is 10.2. The number of aromatic amines is 1. The smallest absolute Gasteiger partial charge is 0.328 e. The third kappa shape index (κ3) is 4.27. The molecule has 2 heterocycles. The Morgan fingerprint density at radius 3 is 2.44 bits per heavy atom. The first-order valence-electron chi connectivity index (χ1n) is 10.2. The fourth-order valence-corrected chi connectivity index (χ4v) is 4.01. The number of H-pyrrole nitrogens is 1. The second-order valence-corrected chi connectivity index (χ2v) is 7.85. The molecule has 0 bridgehead atoms. The van der Waals surface area contributed by atoms with E-state index in [-0.39, 0.29) is 12.1 Å². The fraction of sp³-hybridized carbons (Fsp3) is 0.261. The molecule has 8 nitrogen and oxygen atoms in total. The standard InChI is InChI=1S/C23H23ClN4O4/c1-32-20-9-5-4-8-19(20)26-10-12-27(13-11-26)21(29)17-14-25-23(31)28(22(17)30)15-16-6-2-3-7-18(16)24/h2-9,14H,10-13,15H2,1H3,(H,25,31). The second kappa shape index (κ2) is 9.32. The lowest BCUT2D eigenvalue weighted by Gasteiger charge is -2.36. The van der Waals surface area contributed by atoms with Gasteiger partial charge >= 0.3 is 5.69 Å². The number of benzene rings is 2. The molecule has 166 valence electrons. The summed E-state index contributed by atoms with van der Waals surface area (Å²) in [5.74, 6) is 0.370. The van der Waals surface area contributed by atoms with E-state index in [2.05, 4.69) is 9.88 Å². The molecule has 0 spiro atoms. The molecular formula is C23H23ClN4O4. The SMILES string of the molecule is COc1ccccc1N1CCN(C(=O)c2c[nH]c(=O)n(Cc3ccccc3Cl)c2=O)CC1. The van der Waals surface area contributed by atoms with Crippen LogP contribution in [0, 0.1) is 0 Å². The van der Waals surface area contributed by atoms with Crippen molar-refractivity contribution in [1.82, 2.24) is 14.5 Å². The van der Waals surface area contributed by atoms with Crippen molar-refractivity contribution in [3.8, 4) is 5.75 Å². The average Bonchev–Trinajstić information content (AvgIpc) is 2.82. The number of halogens is 1. The van der Waals surface area contributed by atoms with Crippen molar-refractivity contribution >= 4 is 23.2 Å². The summed E-state index contributed by atoms with van der Waals surface area (Å²) >= 11 is 6.17. The van der Waals surface area contributed by atoms with Gasteiger partial charge in [0.15, 0.2) is 0 Å². The van der Waals surface area contributed by atoms with Gasteiger partial charge < -0.3 is 19.5 Å². The Morgan fingerprint density at radius 2 is 1.72 bits per heavy atom. The highest BCUT2D eigenvalue weighted by molar-refractivity contribution is 6.31. The lowest BCUT2D eigenvalue weighted by Crippen LogP contribution is -2.50. The Bertz CT molecular complexity index is 1240. The number of aromatic nitrogens is 2. The summed E-state index contributed by atoms with van der Waals surface area (Å²) in [5, 5.41) is 0.447. The van der Waals surface area contributed by atoms with Crippen LogP contribution in [-0.4, -0.2) is 53.6 Å². The van der Waals surface area contributed by atoms with Crippen molar-refractivity contribution in [1.29, 1.82) is 0 Å². The zero-order chi connectivity index (χ0) is 22.7. The predicted molar refractivity (Wildman–Crippen MR) is 123 cm³/mol. The van der Waals surface area contributed by atoms with Crippen molar-refractivity contribution < 1.29 is 9.53 Å². The number of nitrogens with one attached hydrogen (secondary N) is 1. The minimum atomic E-state index is -0.633. The molecule has 9 heteroatoms. The Balaban J connectivity index is 1.53. The maximum Gasteiger partial charge on any atom is 0.328 e. The van der Waals surface area contributed by atoms with Gasteiger partial charge in [-0.05, 0) is 23.8 Å². The molecule has 3 aromatic rings. The van der Waals surface area contributed by atoms with E-state index >= 15 is 0 Å². The number of anilines is 1. The van der Waals surface area contributed by atoms with Gasteiger partial charge in [-0.15, -0.1) is 0 Å². The minimum absolute atomic E-state index is 0.0173. The fourth-order valence-electron chi connectivity index (χ4n) is 3.82. The molecule has 1 aliphatic heterocycles. The molecule has 1 fully saturated rings. The number of methoxy groups -OCH3 is 1. The van der Waals surface area contributed by atoms with Gasteiger partial charge in [0.1, 0.15) is 11.3 Å². The van der Waals surface area contributed by atoms with Crippen LogP contribution in [0.3, 0.4) is 0 Å². The third-order valence-corrected chi connectivity index (χ3v) is 5.94.